The quantitative estimate of drug-likeness (QED) is 0.708. The number of nitrogens with one attached hydrogen (secondary N) is 2. The van der Waals surface area contributed by atoms with Gasteiger partial charge in [0.25, 0.3) is 0 Å². The lowest BCUT2D eigenvalue weighted by Gasteiger charge is -2.10. The van der Waals surface area contributed by atoms with Gasteiger partial charge in [-0.15, -0.1) is 0 Å². The number of carbonyl (C=O) groups excluding carboxylic acids is 1. The number of benzene rings is 1. The first-order valence-electron chi connectivity index (χ1n) is 5.24. The number of aromatic amines is 1. The molecule has 2 aromatic rings. The molecular weight excluding hydrogens is 202 g/mol. The Bertz CT molecular complexity index is 471. The summed E-state index contributed by atoms with van der Waals surface area (Å²) in [7, 11) is 1.73. The first-order chi connectivity index (χ1) is 7.70. The fraction of sp³-hybridized carbons (Fsp3) is 0.250. The Labute approximate surface area is 93.8 Å². The maximum Gasteiger partial charge on any atom is 0.234 e. The largest absolute Gasteiger partial charge is 0.368 e. The lowest BCUT2D eigenvalue weighted by atomic mass is 10.1. The Hall–Kier alpha value is -1.81. The molecule has 1 heterocycles. The molecule has 0 aliphatic heterocycles. The number of H-pyrrole nitrogens is 1. The fourth-order valence-electron chi connectivity index (χ4n) is 1.81. The van der Waals surface area contributed by atoms with E-state index >= 15 is 0 Å². The van der Waals surface area contributed by atoms with Gasteiger partial charge in [-0.3, -0.25) is 4.79 Å². The van der Waals surface area contributed by atoms with E-state index < -0.39 is 0 Å². The van der Waals surface area contributed by atoms with Crippen LogP contribution in [0, 0.1) is 0 Å². The van der Waals surface area contributed by atoms with Crippen LogP contribution in [-0.2, 0) is 11.2 Å². The highest BCUT2D eigenvalue weighted by Crippen LogP contribution is 2.15. The SMILES string of the molecule is CN[C@@H](Cc1cc2ccccc2[nH]1)C(N)=O. The minimum absolute atomic E-state index is 0.326. The first-order valence-corrected chi connectivity index (χ1v) is 5.24. The van der Waals surface area contributed by atoms with Crippen LogP contribution in [0.5, 0.6) is 0 Å². The van der Waals surface area contributed by atoms with E-state index in [0.29, 0.717) is 6.42 Å². The van der Waals surface area contributed by atoms with E-state index in [2.05, 4.69) is 10.3 Å². The van der Waals surface area contributed by atoms with Crippen LogP contribution in [0.3, 0.4) is 0 Å². The van der Waals surface area contributed by atoms with Gasteiger partial charge < -0.3 is 16.0 Å². The van der Waals surface area contributed by atoms with Crippen molar-refractivity contribution in [2.24, 2.45) is 5.73 Å². The number of hydrogen-bond donors (Lipinski definition) is 3. The van der Waals surface area contributed by atoms with Crippen LogP contribution in [0.15, 0.2) is 30.3 Å². The van der Waals surface area contributed by atoms with E-state index in [4.69, 9.17) is 5.73 Å². The van der Waals surface area contributed by atoms with Crippen molar-refractivity contribution in [3.8, 4) is 0 Å². The fourth-order valence-corrected chi connectivity index (χ4v) is 1.81. The third kappa shape index (κ3) is 2.06. The minimum Gasteiger partial charge on any atom is -0.368 e. The Kier molecular flexibility index (Phi) is 2.92. The lowest BCUT2D eigenvalue weighted by Crippen LogP contribution is -2.40. The first kappa shape index (κ1) is 10.7. The van der Waals surface area contributed by atoms with Crippen LogP contribution in [-0.4, -0.2) is 24.0 Å². The van der Waals surface area contributed by atoms with Crippen LogP contribution in [0.2, 0.25) is 0 Å². The monoisotopic (exact) mass is 217 g/mol. The van der Waals surface area contributed by atoms with Gasteiger partial charge in [-0.1, -0.05) is 18.2 Å². The number of aromatic nitrogens is 1. The standard InChI is InChI=1S/C12H15N3O/c1-14-11(12(13)16)7-9-6-8-4-2-3-5-10(8)15-9/h2-6,11,14-15H,7H2,1H3,(H2,13,16)/t11-/m0/s1. The highest BCUT2D eigenvalue weighted by atomic mass is 16.1. The molecule has 4 nitrogen and oxygen atoms in total. The molecule has 0 spiro atoms. The van der Waals surface area contributed by atoms with E-state index in [0.717, 1.165) is 16.6 Å². The molecule has 16 heavy (non-hydrogen) atoms. The highest BCUT2D eigenvalue weighted by molar-refractivity contribution is 5.82. The normalized spacial score (nSPS) is 12.8. The number of amides is 1. The summed E-state index contributed by atoms with van der Waals surface area (Å²) in [4.78, 5) is 14.4. The van der Waals surface area contributed by atoms with Crippen molar-refractivity contribution >= 4 is 16.8 Å². The topological polar surface area (TPSA) is 70.9 Å². The molecule has 4 N–H and O–H groups in total. The summed E-state index contributed by atoms with van der Waals surface area (Å²) >= 11 is 0. The van der Waals surface area contributed by atoms with Crippen molar-refractivity contribution in [2.75, 3.05) is 7.05 Å². The summed E-state index contributed by atoms with van der Waals surface area (Å²) in [6.45, 7) is 0. The number of fused-ring (bicyclic) bond motifs is 1. The molecule has 1 atom stereocenters. The summed E-state index contributed by atoms with van der Waals surface area (Å²) in [6.07, 6.45) is 0.584. The predicted molar refractivity (Wildman–Crippen MR) is 64.0 cm³/mol. The molecule has 4 heteroatoms. The number of para-hydroxylation sites is 1. The number of likely N-dealkylation sites (N-methyl/N-ethyl adjacent to an activating group) is 1. The maximum absolute atomic E-state index is 11.1. The third-order valence-electron chi connectivity index (χ3n) is 2.70. The number of nitrogens with two attached hydrogens (primary N) is 1. The van der Waals surface area contributed by atoms with Crippen LogP contribution in [0.4, 0.5) is 0 Å². The predicted octanol–water partition coefficient (Wildman–Crippen LogP) is 0.784. The zero-order valence-electron chi connectivity index (χ0n) is 9.16. The number of carbonyl (C=O) groups is 1. The molecule has 84 valence electrons. The van der Waals surface area contributed by atoms with Gasteiger partial charge in [0.05, 0.1) is 6.04 Å². The van der Waals surface area contributed by atoms with Gasteiger partial charge in [0.2, 0.25) is 5.91 Å². The second-order valence-electron chi connectivity index (χ2n) is 3.83. The van der Waals surface area contributed by atoms with E-state index in [1.165, 1.54) is 0 Å². The third-order valence-corrected chi connectivity index (χ3v) is 2.70. The Morgan fingerprint density at radius 1 is 1.50 bits per heavy atom. The van der Waals surface area contributed by atoms with Crippen LogP contribution < -0.4 is 11.1 Å². The highest BCUT2D eigenvalue weighted by Gasteiger charge is 2.14. The second kappa shape index (κ2) is 4.37. The molecule has 0 bridgehead atoms. The molecular formula is C12H15N3O. The van der Waals surface area contributed by atoms with Gasteiger partial charge in [0.15, 0.2) is 0 Å². The van der Waals surface area contributed by atoms with Crippen molar-refractivity contribution in [1.29, 1.82) is 0 Å². The van der Waals surface area contributed by atoms with Crippen molar-refractivity contribution < 1.29 is 4.79 Å². The molecule has 0 fully saturated rings. The lowest BCUT2D eigenvalue weighted by molar-refractivity contribution is -0.119. The van der Waals surface area contributed by atoms with Gasteiger partial charge in [-0.05, 0) is 24.6 Å². The summed E-state index contributed by atoms with van der Waals surface area (Å²) in [6, 6.07) is 9.73. The van der Waals surface area contributed by atoms with Crippen molar-refractivity contribution in [2.45, 2.75) is 12.5 Å². The average molecular weight is 217 g/mol. The van der Waals surface area contributed by atoms with Crippen molar-refractivity contribution in [3.63, 3.8) is 0 Å². The second-order valence-corrected chi connectivity index (χ2v) is 3.83. The summed E-state index contributed by atoms with van der Waals surface area (Å²) < 4.78 is 0. The van der Waals surface area contributed by atoms with Crippen molar-refractivity contribution in [1.82, 2.24) is 10.3 Å². The van der Waals surface area contributed by atoms with Gasteiger partial charge >= 0.3 is 0 Å². The Morgan fingerprint density at radius 3 is 2.88 bits per heavy atom. The molecule has 0 aliphatic carbocycles. The van der Waals surface area contributed by atoms with Gasteiger partial charge in [0.1, 0.15) is 0 Å². The van der Waals surface area contributed by atoms with Crippen LogP contribution in [0.25, 0.3) is 10.9 Å². The van der Waals surface area contributed by atoms with Crippen LogP contribution >= 0.6 is 0 Å². The molecule has 1 aromatic heterocycles. The Morgan fingerprint density at radius 2 is 2.25 bits per heavy atom. The molecule has 0 saturated heterocycles. The van der Waals surface area contributed by atoms with Crippen molar-refractivity contribution in [3.05, 3.63) is 36.0 Å². The number of primary amides is 1. The number of hydrogen-bond acceptors (Lipinski definition) is 2. The zero-order valence-corrected chi connectivity index (χ0v) is 9.16. The van der Waals surface area contributed by atoms with E-state index in [1.807, 2.05) is 30.3 Å². The van der Waals surface area contributed by atoms with Crippen LogP contribution in [0.1, 0.15) is 5.69 Å². The van der Waals surface area contributed by atoms with Gasteiger partial charge in [-0.2, -0.15) is 0 Å². The summed E-state index contributed by atoms with van der Waals surface area (Å²) in [5, 5.41) is 4.05. The minimum atomic E-state index is -0.332. The molecule has 1 aromatic carbocycles. The average Bonchev–Trinajstić information content (AvgIpc) is 2.67. The molecule has 0 unspecified atom stereocenters. The van der Waals surface area contributed by atoms with E-state index in [9.17, 15) is 4.79 Å². The van der Waals surface area contributed by atoms with E-state index in [-0.39, 0.29) is 11.9 Å². The smallest absolute Gasteiger partial charge is 0.234 e. The summed E-state index contributed by atoms with van der Waals surface area (Å²) in [5.41, 5.74) is 7.37. The zero-order chi connectivity index (χ0) is 11.5. The molecule has 0 saturated carbocycles. The molecule has 0 radical (unpaired) electrons. The Balaban J connectivity index is 2.24. The summed E-state index contributed by atoms with van der Waals surface area (Å²) in [5.74, 6) is -0.332. The molecule has 0 aliphatic rings. The van der Waals surface area contributed by atoms with E-state index in [1.54, 1.807) is 7.05 Å². The maximum atomic E-state index is 11.1. The van der Waals surface area contributed by atoms with Gasteiger partial charge in [-0.25, -0.2) is 0 Å². The molecule has 1 amide bonds. The molecule has 2 rings (SSSR count). The number of rotatable bonds is 4. The van der Waals surface area contributed by atoms with Gasteiger partial charge in [0, 0.05) is 17.6 Å².